The summed E-state index contributed by atoms with van der Waals surface area (Å²) in [6.45, 7) is 6.29. The molecule has 2 aliphatic heterocycles. The summed E-state index contributed by atoms with van der Waals surface area (Å²) in [5.74, 6) is -2.36. The fourth-order valence-electron chi connectivity index (χ4n) is 3.42. The summed E-state index contributed by atoms with van der Waals surface area (Å²) in [7, 11) is 1.45. The normalized spacial score (nSPS) is 19.1. The quantitative estimate of drug-likeness (QED) is 0.0891. The van der Waals surface area contributed by atoms with E-state index in [9.17, 15) is 24.0 Å². The highest BCUT2D eigenvalue weighted by atomic mass is 32.2. The second kappa shape index (κ2) is 13.0. The zero-order chi connectivity index (χ0) is 28.7. The first-order valence-electron chi connectivity index (χ1n) is 11.7. The summed E-state index contributed by atoms with van der Waals surface area (Å²) in [6, 6.07) is -0.980. The lowest BCUT2D eigenvalue weighted by atomic mass is 9.98. The highest BCUT2D eigenvalue weighted by Gasteiger charge is 2.54. The van der Waals surface area contributed by atoms with Gasteiger partial charge in [-0.25, -0.2) is 9.78 Å². The number of amides is 3. The number of hydrogen-bond donors (Lipinski definition) is 2. The van der Waals surface area contributed by atoms with Gasteiger partial charge < -0.3 is 29.7 Å². The van der Waals surface area contributed by atoms with E-state index in [1.54, 1.807) is 27.7 Å². The minimum Gasteiger partial charge on any atom is -0.427 e. The third kappa shape index (κ3) is 6.93. The van der Waals surface area contributed by atoms with E-state index in [0.717, 1.165) is 11.3 Å². The number of carbonyl (C=O) groups excluding carboxylic acids is 5. The highest BCUT2D eigenvalue weighted by molar-refractivity contribution is 8.00. The lowest BCUT2D eigenvalue weighted by molar-refractivity contribution is -0.173. The van der Waals surface area contributed by atoms with E-state index in [2.05, 4.69) is 20.8 Å². The molecule has 0 aromatic carbocycles. The number of fused-ring (bicyclic) bond motifs is 1. The van der Waals surface area contributed by atoms with Gasteiger partial charge in [-0.15, -0.1) is 23.1 Å². The van der Waals surface area contributed by atoms with E-state index in [4.69, 9.17) is 19.0 Å². The fraction of sp³-hybridized carbons (Fsp3) is 0.522. The topological polar surface area (TPSA) is 175 Å². The van der Waals surface area contributed by atoms with Crippen molar-refractivity contribution in [1.82, 2.24) is 15.2 Å². The molecule has 2 atom stereocenters. The van der Waals surface area contributed by atoms with Crippen molar-refractivity contribution in [3.05, 3.63) is 22.3 Å². The smallest absolute Gasteiger partial charge is 0.358 e. The molecule has 1 aromatic rings. The zero-order valence-corrected chi connectivity index (χ0v) is 23.6. The van der Waals surface area contributed by atoms with Gasteiger partial charge in [0.15, 0.2) is 10.8 Å². The number of nitrogens with zero attached hydrogens (tertiary/aromatic N) is 3. The molecule has 1 unspecified atom stereocenters. The Bertz CT molecular complexity index is 1190. The maximum atomic E-state index is 13.2. The van der Waals surface area contributed by atoms with Crippen molar-refractivity contribution in [3.8, 4) is 0 Å². The molecule has 0 spiro atoms. The molecule has 1 fully saturated rings. The van der Waals surface area contributed by atoms with Crippen LogP contribution in [0, 0.1) is 5.41 Å². The van der Waals surface area contributed by atoms with Gasteiger partial charge >= 0.3 is 11.9 Å². The molecule has 14 nitrogen and oxygen atoms in total. The molecular weight excluding hydrogens is 554 g/mol. The van der Waals surface area contributed by atoms with Gasteiger partial charge in [0, 0.05) is 18.2 Å². The van der Waals surface area contributed by atoms with Crippen LogP contribution in [0.3, 0.4) is 0 Å². The zero-order valence-electron chi connectivity index (χ0n) is 22.0. The van der Waals surface area contributed by atoms with Crippen molar-refractivity contribution in [3.63, 3.8) is 0 Å². The molecule has 0 saturated carbocycles. The maximum absolute atomic E-state index is 13.2. The summed E-state index contributed by atoms with van der Waals surface area (Å²) in [4.78, 5) is 72.3. The van der Waals surface area contributed by atoms with Crippen LogP contribution in [-0.4, -0.2) is 90.0 Å². The molecule has 39 heavy (non-hydrogen) atoms. The van der Waals surface area contributed by atoms with Crippen LogP contribution >= 0.6 is 23.1 Å². The summed E-state index contributed by atoms with van der Waals surface area (Å²) in [5, 5.41) is 10.00. The number of esters is 2. The van der Waals surface area contributed by atoms with Crippen LogP contribution in [-0.2, 0) is 43.0 Å². The lowest BCUT2D eigenvalue weighted by Crippen LogP contribution is -2.71. The molecule has 3 amide bonds. The maximum Gasteiger partial charge on any atom is 0.358 e. The van der Waals surface area contributed by atoms with Crippen molar-refractivity contribution >= 4 is 64.1 Å². The first-order valence-corrected chi connectivity index (χ1v) is 13.6. The number of rotatable bonds is 12. The van der Waals surface area contributed by atoms with E-state index < -0.39 is 47.4 Å². The first kappa shape index (κ1) is 30.0. The molecule has 16 heteroatoms. The van der Waals surface area contributed by atoms with Gasteiger partial charge in [-0.2, -0.15) is 0 Å². The Balaban J connectivity index is 1.74. The van der Waals surface area contributed by atoms with Crippen molar-refractivity contribution in [2.24, 2.45) is 10.6 Å². The standard InChI is InChI=1S/C23H29N5O9S2/c1-6-37-27-14(13-9-39-22(25-13)24-10-29)17(30)26-15-18(31)28-16(12(7-34-5)8-38-19(15)28)20(32)35-11-36-21(33)23(2,3)4/h9-10,15,19H,6-8,11H2,1-5H3,(H,26,30)(H,24,25,29)/t15?,19-/m0/s1. The number of anilines is 1. The van der Waals surface area contributed by atoms with Crippen molar-refractivity contribution in [1.29, 1.82) is 0 Å². The average Bonchev–Trinajstić information content (AvgIpc) is 3.35. The van der Waals surface area contributed by atoms with Crippen LogP contribution < -0.4 is 10.6 Å². The minimum atomic E-state index is -0.980. The predicted molar refractivity (Wildman–Crippen MR) is 140 cm³/mol. The van der Waals surface area contributed by atoms with Crippen LogP contribution in [0.5, 0.6) is 0 Å². The van der Waals surface area contributed by atoms with Crippen molar-refractivity contribution < 1.29 is 43.0 Å². The van der Waals surface area contributed by atoms with Gasteiger partial charge in [-0.3, -0.25) is 24.1 Å². The van der Waals surface area contributed by atoms with Crippen molar-refractivity contribution in [2.75, 3.05) is 38.2 Å². The van der Waals surface area contributed by atoms with E-state index in [-0.39, 0.29) is 35.4 Å². The van der Waals surface area contributed by atoms with Gasteiger partial charge in [-0.05, 0) is 33.3 Å². The van der Waals surface area contributed by atoms with Gasteiger partial charge in [0.05, 0.1) is 12.0 Å². The number of aromatic nitrogens is 1. The molecule has 0 aliphatic carbocycles. The van der Waals surface area contributed by atoms with Crippen LogP contribution in [0.25, 0.3) is 0 Å². The van der Waals surface area contributed by atoms with Crippen LogP contribution in [0.15, 0.2) is 21.8 Å². The number of thioether (sulfide) groups is 1. The van der Waals surface area contributed by atoms with E-state index in [1.165, 1.54) is 29.2 Å². The summed E-state index contributed by atoms with van der Waals surface area (Å²) in [5.41, 5.74) is -0.328. The molecule has 212 valence electrons. The Kier molecular flexibility index (Phi) is 10.0. The first-order chi connectivity index (χ1) is 18.5. The number of hydrogen-bond acceptors (Lipinski definition) is 13. The van der Waals surface area contributed by atoms with Gasteiger partial charge in [0.1, 0.15) is 29.4 Å². The van der Waals surface area contributed by atoms with E-state index >= 15 is 0 Å². The van der Waals surface area contributed by atoms with Gasteiger partial charge in [-0.1, -0.05) is 5.16 Å². The third-order valence-corrected chi connectivity index (χ3v) is 7.38. The number of ether oxygens (including phenoxy) is 3. The molecular formula is C23H29N5O9S2. The number of methoxy groups -OCH3 is 1. The second-order valence-corrected chi connectivity index (χ2v) is 11.1. The van der Waals surface area contributed by atoms with Crippen molar-refractivity contribution in [2.45, 2.75) is 39.1 Å². The Morgan fingerprint density at radius 1 is 1.28 bits per heavy atom. The summed E-state index contributed by atoms with van der Waals surface area (Å²) in [6.07, 6.45) is 0.451. The second-order valence-electron chi connectivity index (χ2n) is 9.14. The Morgan fingerprint density at radius 2 is 2.03 bits per heavy atom. The van der Waals surface area contributed by atoms with Crippen LogP contribution in [0.4, 0.5) is 5.13 Å². The number of β-lactam (4-membered cyclic amide) rings is 1. The fourth-order valence-corrected chi connectivity index (χ4v) is 5.40. The SMILES string of the molecule is CCON=C(C(=O)NC1C(=O)N2C(C(=O)OCOC(=O)C(C)(C)C)=C(COC)CS[C@@H]12)c1csc(NC=O)n1. The van der Waals surface area contributed by atoms with E-state index in [0.29, 0.717) is 17.7 Å². The van der Waals surface area contributed by atoms with E-state index in [1.807, 2.05) is 0 Å². The third-order valence-electron chi connectivity index (χ3n) is 5.27. The van der Waals surface area contributed by atoms with Gasteiger partial charge in [0.2, 0.25) is 13.2 Å². The molecule has 2 N–H and O–H groups in total. The predicted octanol–water partition coefficient (Wildman–Crippen LogP) is 0.842. The number of oxime groups is 1. The number of nitrogens with one attached hydrogen (secondary N) is 2. The average molecular weight is 584 g/mol. The van der Waals surface area contributed by atoms with Crippen LogP contribution in [0.1, 0.15) is 33.4 Å². The minimum absolute atomic E-state index is 0.0183. The summed E-state index contributed by atoms with van der Waals surface area (Å²) >= 11 is 2.41. The molecule has 0 bridgehead atoms. The molecule has 3 heterocycles. The molecule has 3 rings (SSSR count). The molecule has 1 aromatic heterocycles. The lowest BCUT2D eigenvalue weighted by Gasteiger charge is -2.49. The molecule has 2 aliphatic rings. The Morgan fingerprint density at radius 3 is 2.67 bits per heavy atom. The Labute approximate surface area is 232 Å². The number of carbonyl (C=O) groups is 5. The monoisotopic (exact) mass is 583 g/mol. The highest BCUT2D eigenvalue weighted by Crippen LogP contribution is 2.40. The van der Waals surface area contributed by atoms with Gasteiger partial charge in [0.25, 0.3) is 11.8 Å². The number of thiazole rings is 1. The Hall–Kier alpha value is -3.50. The van der Waals surface area contributed by atoms with Crippen LogP contribution in [0.2, 0.25) is 0 Å². The molecule has 1 saturated heterocycles. The molecule has 0 radical (unpaired) electrons. The summed E-state index contributed by atoms with van der Waals surface area (Å²) < 4.78 is 15.3. The largest absolute Gasteiger partial charge is 0.427 e.